The summed E-state index contributed by atoms with van der Waals surface area (Å²) >= 11 is 0. The first-order valence-corrected chi connectivity index (χ1v) is 7.93. The molecule has 3 aromatic carbocycles. The molecule has 4 heteroatoms. The molecular weight excluding hydrogens is 312 g/mol. The van der Waals surface area contributed by atoms with Crippen LogP contribution in [0.2, 0.25) is 0 Å². The Morgan fingerprint density at radius 3 is 1.96 bits per heavy atom. The van der Waals surface area contributed by atoms with Gasteiger partial charge in [0.15, 0.2) is 0 Å². The maximum absolute atomic E-state index is 10.7. The third-order valence-electron chi connectivity index (χ3n) is 4.12. The molecule has 0 aromatic heterocycles. The van der Waals surface area contributed by atoms with Crippen LogP contribution in [-0.4, -0.2) is 11.8 Å². The summed E-state index contributed by atoms with van der Waals surface area (Å²) < 4.78 is 0. The van der Waals surface area contributed by atoms with Gasteiger partial charge in [-0.3, -0.25) is 9.59 Å². The van der Waals surface area contributed by atoms with Crippen LogP contribution in [0.3, 0.4) is 0 Å². The van der Waals surface area contributed by atoms with E-state index in [-0.39, 0.29) is 11.1 Å². The van der Waals surface area contributed by atoms with Crippen molar-refractivity contribution in [3.8, 4) is 0 Å². The van der Waals surface area contributed by atoms with Gasteiger partial charge in [0, 0.05) is 0 Å². The number of hydrogen-bond donors (Lipinski definition) is 2. The van der Waals surface area contributed by atoms with Crippen LogP contribution in [0.4, 0.5) is 0 Å². The highest BCUT2D eigenvalue weighted by atomic mass is 16.2. The standard InChI is InChI=1S/C13H10.C8H8N2O2/c1-4-10-6-2-8-12-9-3-7-11(5-1)13(10)12;9-7(11)5-3-1-2-4-6(5)8(10)12/h1-8H,9H2;1-4H,(H2,9,11)(H2,10,12). The number of benzene rings is 3. The number of hydrogen-bond acceptors (Lipinski definition) is 2. The molecule has 0 heterocycles. The number of rotatable bonds is 2. The Bertz CT molecular complexity index is 952. The minimum Gasteiger partial charge on any atom is -0.366 e. The van der Waals surface area contributed by atoms with E-state index in [1.807, 2.05) is 0 Å². The van der Waals surface area contributed by atoms with E-state index in [0.717, 1.165) is 6.42 Å². The minimum absolute atomic E-state index is 0.157. The molecular formula is C21H18N2O2. The van der Waals surface area contributed by atoms with Crippen LogP contribution in [0.1, 0.15) is 31.8 Å². The summed E-state index contributed by atoms with van der Waals surface area (Å²) in [7, 11) is 0. The second-order valence-corrected chi connectivity index (χ2v) is 5.74. The van der Waals surface area contributed by atoms with Crippen molar-refractivity contribution in [2.75, 3.05) is 0 Å². The van der Waals surface area contributed by atoms with Crippen LogP contribution in [0.5, 0.6) is 0 Å². The van der Waals surface area contributed by atoms with E-state index in [1.54, 1.807) is 12.1 Å². The van der Waals surface area contributed by atoms with Gasteiger partial charge in [-0.1, -0.05) is 60.7 Å². The lowest BCUT2D eigenvalue weighted by Gasteiger charge is -2.11. The Labute approximate surface area is 145 Å². The molecule has 0 unspecified atom stereocenters. The second kappa shape index (κ2) is 7.01. The highest BCUT2D eigenvalue weighted by molar-refractivity contribution is 6.06. The van der Waals surface area contributed by atoms with Gasteiger partial charge in [0.2, 0.25) is 11.8 Å². The lowest BCUT2D eigenvalue weighted by molar-refractivity contribution is 0.0967. The van der Waals surface area contributed by atoms with Gasteiger partial charge in [0.25, 0.3) is 0 Å². The summed E-state index contributed by atoms with van der Waals surface area (Å²) in [6.45, 7) is 0. The number of primary amides is 2. The van der Waals surface area contributed by atoms with Crippen molar-refractivity contribution in [1.82, 2.24) is 0 Å². The smallest absolute Gasteiger partial charge is 0.249 e. The molecule has 0 radical (unpaired) electrons. The van der Waals surface area contributed by atoms with Crippen LogP contribution in [0.15, 0.2) is 66.7 Å². The molecule has 1 aliphatic carbocycles. The van der Waals surface area contributed by atoms with Gasteiger partial charge >= 0.3 is 0 Å². The lowest BCUT2D eigenvalue weighted by Crippen LogP contribution is -2.20. The van der Waals surface area contributed by atoms with Gasteiger partial charge in [-0.2, -0.15) is 0 Å². The molecule has 2 amide bonds. The van der Waals surface area contributed by atoms with Gasteiger partial charge in [0.05, 0.1) is 11.1 Å². The molecule has 1 aliphatic rings. The van der Waals surface area contributed by atoms with Crippen LogP contribution < -0.4 is 11.5 Å². The molecule has 4 rings (SSSR count). The molecule has 0 saturated heterocycles. The lowest BCUT2D eigenvalue weighted by atomic mass is 9.93. The van der Waals surface area contributed by atoms with Crippen molar-refractivity contribution in [1.29, 1.82) is 0 Å². The maximum Gasteiger partial charge on any atom is 0.249 e. The van der Waals surface area contributed by atoms with Gasteiger partial charge in [0.1, 0.15) is 0 Å². The summed E-state index contributed by atoms with van der Waals surface area (Å²) in [6, 6.07) is 19.2. The monoisotopic (exact) mass is 330 g/mol. The molecule has 124 valence electrons. The second-order valence-electron chi connectivity index (χ2n) is 5.74. The fourth-order valence-corrected chi connectivity index (χ4v) is 2.98. The Hall–Kier alpha value is -3.40. The molecule has 25 heavy (non-hydrogen) atoms. The zero-order chi connectivity index (χ0) is 17.8. The summed E-state index contributed by atoms with van der Waals surface area (Å²) in [5, 5.41) is 2.80. The molecule has 3 aromatic rings. The van der Waals surface area contributed by atoms with Crippen molar-refractivity contribution >= 4 is 28.7 Å². The first kappa shape index (κ1) is 16.5. The van der Waals surface area contributed by atoms with Gasteiger partial charge in [-0.15, -0.1) is 0 Å². The minimum atomic E-state index is -0.649. The number of allylic oxidation sites excluding steroid dienone is 1. The topological polar surface area (TPSA) is 86.2 Å². The van der Waals surface area contributed by atoms with Crippen LogP contribution >= 0.6 is 0 Å². The van der Waals surface area contributed by atoms with Gasteiger partial charge in [-0.25, -0.2) is 0 Å². The summed E-state index contributed by atoms with van der Waals surface area (Å²) in [5.41, 5.74) is 13.1. The first-order chi connectivity index (χ1) is 12.1. The third kappa shape index (κ3) is 3.43. The van der Waals surface area contributed by atoms with Crippen LogP contribution in [0, 0.1) is 0 Å². The van der Waals surface area contributed by atoms with E-state index < -0.39 is 11.8 Å². The predicted molar refractivity (Wildman–Crippen MR) is 100 cm³/mol. The summed E-state index contributed by atoms with van der Waals surface area (Å²) in [5.74, 6) is -1.30. The van der Waals surface area contributed by atoms with Crippen molar-refractivity contribution in [3.63, 3.8) is 0 Å². The van der Waals surface area contributed by atoms with Gasteiger partial charge < -0.3 is 11.5 Å². The number of carbonyl (C=O) groups excluding carboxylic acids is 2. The predicted octanol–water partition coefficient (Wildman–Crippen LogP) is 3.29. The Morgan fingerprint density at radius 2 is 1.36 bits per heavy atom. The largest absolute Gasteiger partial charge is 0.366 e. The number of nitrogens with two attached hydrogens (primary N) is 2. The Morgan fingerprint density at radius 1 is 0.760 bits per heavy atom. The fourth-order valence-electron chi connectivity index (χ4n) is 2.98. The molecule has 0 aliphatic heterocycles. The van der Waals surface area contributed by atoms with Crippen molar-refractivity contribution in [2.24, 2.45) is 11.5 Å². The highest BCUT2D eigenvalue weighted by Crippen LogP contribution is 2.27. The van der Waals surface area contributed by atoms with E-state index in [4.69, 9.17) is 11.5 Å². The SMILES string of the molecule is C1=Cc2cccc3cccc(c23)C1.NC(=O)c1ccccc1C(N)=O. The summed E-state index contributed by atoms with van der Waals surface area (Å²) in [6.07, 6.45) is 5.53. The summed E-state index contributed by atoms with van der Waals surface area (Å²) in [4.78, 5) is 21.5. The van der Waals surface area contributed by atoms with E-state index in [9.17, 15) is 9.59 Å². The van der Waals surface area contributed by atoms with E-state index in [1.165, 1.54) is 34.0 Å². The average Bonchev–Trinajstić information content (AvgIpc) is 2.63. The van der Waals surface area contributed by atoms with Crippen molar-refractivity contribution < 1.29 is 9.59 Å². The van der Waals surface area contributed by atoms with E-state index in [2.05, 4.69) is 48.6 Å². The Kier molecular flexibility index (Phi) is 4.61. The van der Waals surface area contributed by atoms with E-state index in [0.29, 0.717) is 0 Å². The van der Waals surface area contributed by atoms with E-state index >= 15 is 0 Å². The third-order valence-corrected chi connectivity index (χ3v) is 4.12. The van der Waals surface area contributed by atoms with Crippen molar-refractivity contribution in [2.45, 2.75) is 6.42 Å². The molecule has 0 fully saturated rings. The van der Waals surface area contributed by atoms with Crippen LogP contribution in [0.25, 0.3) is 16.8 Å². The maximum atomic E-state index is 10.7. The van der Waals surface area contributed by atoms with Crippen LogP contribution in [-0.2, 0) is 6.42 Å². The number of amides is 2. The zero-order valence-corrected chi connectivity index (χ0v) is 13.6. The van der Waals surface area contributed by atoms with Gasteiger partial charge in [-0.05, 0) is 40.5 Å². The number of carbonyl (C=O) groups is 2. The quantitative estimate of drug-likeness (QED) is 0.755. The average molecular weight is 330 g/mol. The normalized spacial score (nSPS) is 11.5. The molecule has 4 N–H and O–H groups in total. The zero-order valence-electron chi connectivity index (χ0n) is 13.6. The molecule has 0 bridgehead atoms. The Balaban J connectivity index is 0.000000147. The van der Waals surface area contributed by atoms with Crippen molar-refractivity contribution in [3.05, 3.63) is 89.0 Å². The fraction of sp³-hybridized carbons (Fsp3) is 0.0476. The molecule has 0 atom stereocenters. The molecule has 0 spiro atoms. The first-order valence-electron chi connectivity index (χ1n) is 7.93. The molecule has 4 nitrogen and oxygen atoms in total. The molecule has 0 saturated carbocycles. The highest BCUT2D eigenvalue weighted by Gasteiger charge is 2.10.